The Balaban J connectivity index is 2.03. The molecule has 0 saturated carbocycles. The van der Waals surface area contributed by atoms with Gasteiger partial charge in [-0.25, -0.2) is 13.6 Å². The molecule has 3 nitrogen and oxygen atoms in total. The molecule has 0 atom stereocenters. The number of carbonyl (C=O) groups is 1. The second-order valence-electron chi connectivity index (χ2n) is 5.72. The number of nitrogens with one attached hydrogen (secondary N) is 1. The van der Waals surface area contributed by atoms with Crippen molar-refractivity contribution in [2.75, 3.05) is 18.0 Å². The van der Waals surface area contributed by atoms with E-state index in [1.807, 2.05) is 6.07 Å². The Hall–Kier alpha value is -2.43. The molecule has 2 amide bonds. The van der Waals surface area contributed by atoms with Crippen molar-refractivity contribution < 1.29 is 13.6 Å². The van der Waals surface area contributed by atoms with Gasteiger partial charge in [-0.05, 0) is 29.7 Å². The van der Waals surface area contributed by atoms with Gasteiger partial charge in [0.1, 0.15) is 0 Å². The molecule has 1 heterocycles. The fourth-order valence-electron chi connectivity index (χ4n) is 2.83. The van der Waals surface area contributed by atoms with Crippen molar-refractivity contribution >= 4 is 11.7 Å². The van der Waals surface area contributed by atoms with Crippen molar-refractivity contribution in [3.63, 3.8) is 0 Å². The number of alkyl halides is 2. The van der Waals surface area contributed by atoms with Gasteiger partial charge in [-0.3, -0.25) is 4.90 Å². The van der Waals surface area contributed by atoms with Crippen LogP contribution in [0, 0.1) is 0 Å². The molecule has 2 aromatic rings. The molecule has 0 spiro atoms. The quantitative estimate of drug-likeness (QED) is 0.895. The fourth-order valence-corrected chi connectivity index (χ4v) is 2.83. The minimum atomic E-state index is -2.92. The molecule has 1 saturated heterocycles. The lowest BCUT2D eigenvalue weighted by Crippen LogP contribution is -2.46. The van der Waals surface area contributed by atoms with Crippen LogP contribution in [0.25, 0.3) is 11.1 Å². The third kappa shape index (κ3) is 3.18. The van der Waals surface area contributed by atoms with E-state index in [0.717, 1.165) is 13.3 Å². The third-order valence-corrected chi connectivity index (χ3v) is 3.95. The summed E-state index contributed by atoms with van der Waals surface area (Å²) in [6.45, 7) is 2.19. The Morgan fingerprint density at radius 2 is 1.91 bits per heavy atom. The van der Waals surface area contributed by atoms with Gasteiger partial charge in [-0.2, -0.15) is 0 Å². The zero-order chi connectivity index (χ0) is 16.4. The van der Waals surface area contributed by atoms with E-state index in [9.17, 15) is 13.6 Å². The molecule has 1 aliphatic heterocycles. The number of amides is 2. The van der Waals surface area contributed by atoms with E-state index in [-0.39, 0.29) is 11.6 Å². The van der Waals surface area contributed by atoms with Crippen molar-refractivity contribution in [2.24, 2.45) is 0 Å². The Morgan fingerprint density at radius 3 is 2.65 bits per heavy atom. The average Bonchev–Trinajstić information content (AvgIpc) is 2.55. The Labute approximate surface area is 133 Å². The first-order valence-electron chi connectivity index (χ1n) is 7.60. The number of carbonyl (C=O) groups excluding carboxylic acids is 1. The van der Waals surface area contributed by atoms with Crippen LogP contribution in [0.5, 0.6) is 0 Å². The molecule has 3 rings (SSSR count). The maximum Gasteiger partial charge on any atom is 0.321 e. The van der Waals surface area contributed by atoms with E-state index in [0.29, 0.717) is 29.9 Å². The first-order valence-corrected chi connectivity index (χ1v) is 7.60. The van der Waals surface area contributed by atoms with Gasteiger partial charge in [0.2, 0.25) is 0 Å². The number of anilines is 1. The Bertz CT molecular complexity index is 725. The predicted octanol–water partition coefficient (Wildman–Crippen LogP) is 4.39. The zero-order valence-corrected chi connectivity index (χ0v) is 12.9. The molecule has 2 aromatic carbocycles. The third-order valence-electron chi connectivity index (χ3n) is 3.95. The number of hydrogen-bond donors (Lipinski definition) is 1. The number of nitrogens with zero attached hydrogens (tertiary/aromatic N) is 1. The lowest BCUT2D eigenvalue weighted by molar-refractivity contribution is 0.0181. The molecule has 5 heteroatoms. The monoisotopic (exact) mass is 316 g/mol. The van der Waals surface area contributed by atoms with Crippen LogP contribution in [0.15, 0.2) is 48.5 Å². The molecule has 23 heavy (non-hydrogen) atoms. The van der Waals surface area contributed by atoms with E-state index >= 15 is 0 Å². The lowest BCUT2D eigenvalue weighted by Gasteiger charge is -2.28. The standard InChI is InChI=1S/C18H18F2N2O/c1-18(19,20)16-9-3-2-8-15(16)13-6-4-7-14(12-13)22-11-5-10-21-17(22)23/h2-4,6-9,12H,5,10-11H2,1H3,(H,21,23). The van der Waals surface area contributed by atoms with E-state index in [1.54, 1.807) is 41.3 Å². The predicted molar refractivity (Wildman–Crippen MR) is 86.8 cm³/mol. The van der Waals surface area contributed by atoms with Crippen LogP contribution in [-0.4, -0.2) is 19.1 Å². The van der Waals surface area contributed by atoms with Gasteiger partial charge in [0.15, 0.2) is 0 Å². The molecule has 0 aliphatic carbocycles. The van der Waals surface area contributed by atoms with Crippen LogP contribution in [0.2, 0.25) is 0 Å². The first-order chi connectivity index (χ1) is 11.0. The van der Waals surface area contributed by atoms with E-state index < -0.39 is 5.92 Å². The number of urea groups is 1. The van der Waals surface area contributed by atoms with Crippen LogP contribution in [0.3, 0.4) is 0 Å². The maximum atomic E-state index is 13.8. The SMILES string of the molecule is CC(F)(F)c1ccccc1-c1cccc(N2CCCNC2=O)c1. The highest BCUT2D eigenvalue weighted by Crippen LogP contribution is 2.36. The van der Waals surface area contributed by atoms with Crippen molar-refractivity contribution in [3.05, 3.63) is 54.1 Å². The molecule has 1 fully saturated rings. The van der Waals surface area contributed by atoms with Crippen LogP contribution >= 0.6 is 0 Å². The molecular formula is C18H18F2N2O. The molecule has 0 aromatic heterocycles. The minimum absolute atomic E-state index is 0.0137. The first kappa shape index (κ1) is 15.5. The fraction of sp³-hybridized carbons (Fsp3) is 0.278. The average molecular weight is 316 g/mol. The van der Waals surface area contributed by atoms with Gasteiger partial charge in [0.25, 0.3) is 5.92 Å². The molecule has 0 radical (unpaired) electrons. The van der Waals surface area contributed by atoms with Gasteiger partial charge in [-0.1, -0.05) is 36.4 Å². The van der Waals surface area contributed by atoms with Crippen molar-refractivity contribution in [1.29, 1.82) is 0 Å². The van der Waals surface area contributed by atoms with Gasteiger partial charge < -0.3 is 5.32 Å². The van der Waals surface area contributed by atoms with E-state index in [4.69, 9.17) is 0 Å². The summed E-state index contributed by atoms with van der Waals surface area (Å²) in [7, 11) is 0. The maximum absolute atomic E-state index is 13.8. The van der Waals surface area contributed by atoms with Crippen LogP contribution in [0.4, 0.5) is 19.3 Å². The molecule has 1 N–H and O–H groups in total. The summed E-state index contributed by atoms with van der Waals surface area (Å²) >= 11 is 0. The smallest absolute Gasteiger partial charge is 0.321 e. The molecular weight excluding hydrogens is 298 g/mol. The van der Waals surface area contributed by atoms with Gasteiger partial charge in [0.05, 0.1) is 0 Å². The van der Waals surface area contributed by atoms with Crippen LogP contribution < -0.4 is 10.2 Å². The largest absolute Gasteiger partial charge is 0.338 e. The number of rotatable bonds is 3. The van der Waals surface area contributed by atoms with Gasteiger partial charge in [-0.15, -0.1) is 0 Å². The lowest BCUT2D eigenvalue weighted by atomic mass is 9.96. The van der Waals surface area contributed by atoms with Gasteiger partial charge >= 0.3 is 6.03 Å². The number of halogens is 2. The normalized spacial score (nSPS) is 15.4. The summed E-state index contributed by atoms with van der Waals surface area (Å²) in [6, 6.07) is 13.5. The summed E-state index contributed by atoms with van der Waals surface area (Å²) < 4.78 is 27.7. The van der Waals surface area contributed by atoms with E-state index in [1.165, 1.54) is 6.07 Å². The number of hydrogen-bond acceptors (Lipinski definition) is 1. The van der Waals surface area contributed by atoms with Crippen molar-refractivity contribution in [2.45, 2.75) is 19.3 Å². The summed E-state index contributed by atoms with van der Waals surface area (Å²) in [4.78, 5) is 13.6. The molecule has 1 aliphatic rings. The van der Waals surface area contributed by atoms with Gasteiger partial charge in [0, 0.05) is 31.3 Å². The van der Waals surface area contributed by atoms with E-state index in [2.05, 4.69) is 5.32 Å². The minimum Gasteiger partial charge on any atom is -0.338 e. The Kier molecular flexibility index (Phi) is 4.03. The number of benzene rings is 2. The topological polar surface area (TPSA) is 32.3 Å². The summed E-state index contributed by atoms with van der Waals surface area (Å²) in [5, 5.41) is 2.79. The zero-order valence-electron chi connectivity index (χ0n) is 12.9. The molecule has 120 valence electrons. The second-order valence-corrected chi connectivity index (χ2v) is 5.72. The van der Waals surface area contributed by atoms with Crippen LogP contribution in [0.1, 0.15) is 18.9 Å². The molecule has 0 unspecified atom stereocenters. The highest BCUT2D eigenvalue weighted by Gasteiger charge is 2.28. The van der Waals surface area contributed by atoms with Crippen molar-refractivity contribution in [1.82, 2.24) is 5.32 Å². The summed E-state index contributed by atoms with van der Waals surface area (Å²) in [6.07, 6.45) is 0.861. The van der Waals surface area contributed by atoms with Crippen LogP contribution in [-0.2, 0) is 5.92 Å². The Morgan fingerprint density at radius 1 is 1.13 bits per heavy atom. The van der Waals surface area contributed by atoms with Crippen molar-refractivity contribution in [3.8, 4) is 11.1 Å². The summed E-state index contributed by atoms with van der Waals surface area (Å²) in [5.74, 6) is -2.92. The highest BCUT2D eigenvalue weighted by atomic mass is 19.3. The molecule has 0 bridgehead atoms. The summed E-state index contributed by atoms with van der Waals surface area (Å²) in [5.41, 5.74) is 1.87. The highest BCUT2D eigenvalue weighted by molar-refractivity contribution is 5.93. The second kappa shape index (κ2) is 5.99.